The Labute approximate surface area is 252 Å². The van der Waals surface area contributed by atoms with Crippen LogP contribution in [0.4, 0.5) is 0 Å². The van der Waals surface area contributed by atoms with Gasteiger partial charge in [0.15, 0.2) is 11.5 Å². The van der Waals surface area contributed by atoms with Gasteiger partial charge in [-0.2, -0.15) is 0 Å². The van der Waals surface area contributed by atoms with Crippen LogP contribution in [-0.4, -0.2) is 43.6 Å². The maximum absolute atomic E-state index is 12.0. The number of rotatable bonds is 9. The Bertz CT molecular complexity index is 1490. The third kappa shape index (κ3) is 5.73. The minimum Gasteiger partial charge on any atom is -0.508 e. The van der Waals surface area contributed by atoms with Gasteiger partial charge in [0, 0.05) is 41.8 Å². The predicted octanol–water partition coefficient (Wildman–Crippen LogP) is 6.33. The van der Waals surface area contributed by atoms with Crippen LogP contribution >= 0.6 is 0 Å². The highest BCUT2D eigenvalue weighted by Crippen LogP contribution is 2.54. The van der Waals surface area contributed by atoms with Crippen LogP contribution in [0.2, 0.25) is 0 Å². The number of ether oxygens (including phenoxy) is 4. The van der Waals surface area contributed by atoms with E-state index >= 15 is 0 Å². The Balaban J connectivity index is 1.39. The molecule has 3 aromatic rings. The number of nitrogens with one attached hydrogen (secondary N) is 1. The van der Waals surface area contributed by atoms with Gasteiger partial charge in [-0.05, 0) is 73.0 Å². The van der Waals surface area contributed by atoms with Gasteiger partial charge >= 0.3 is 5.97 Å². The molecule has 1 saturated carbocycles. The highest BCUT2D eigenvalue weighted by atomic mass is 16.5. The van der Waals surface area contributed by atoms with Gasteiger partial charge in [-0.1, -0.05) is 31.4 Å². The van der Waals surface area contributed by atoms with E-state index in [1.807, 2.05) is 6.07 Å². The number of phenols is 2. The lowest BCUT2D eigenvalue weighted by Gasteiger charge is -2.25. The van der Waals surface area contributed by atoms with E-state index in [1.54, 1.807) is 32.4 Å². The van der Waals surface area contributed by atoms with Crippen molar-refractivity contribution in [3.63, 3.8) is 0 Å². The number of aryl methyl sites for hydroxylation is 1. The number of hydrogen-bond acceptors (Lipinski definition) is 8. The normalized spacial score (nSPS) is 19.1. The summed E-state index contributed by atoms with van der Waals surface area (Å²) < 4.78 is 23.7. The molecule has 3 N–H and O–H groups in total. The van der Waals surface area contributed by atoms with Gasteiger partial charge in [-0.25, -0.2) is 0 Å². The van der Waals surface area contributed by atoms with Gasteiger partial charge in [0.25, 0.3) is 0 Å². The summed E-state index contributed by atoms with van der Waals surface area (Å²) in [5.74, 6) is 2.13. The Hall–Kier alpha value is -3.91. The molecule has 0 unspecified atom stereocenters. The van der Waals surface area contributed by atoms with Crippen molar-refractivity contribution in [3.8, 4) is 39.9 Å². The summed E-state index contributed by atoms with van der Waals surface area (Å²) >= 11 is 0. The summed E-state index contributed by atoms with van der Waals surface area (Å²) in [7, 11) is 3.15. The van der Waals surface area contributed by atoms with Crippen molar-refractivity contribution < 1.29 is 34.0 Å². The van der Waals surface area contributed by atoms with Crippen molar-refractivity contribution >= 4 is 5.97 Å². The molecule has 228 valence electrons. The number of carbonyl (C=O) groups excluding carboxylic acids is 1. The Kier molecular flexibility index (Phi) is 8.39. The largest absolute Gasteiger partial charge is 0.508 e. The Morgan fingerprint density at radius 2 is 1.77 bits per heavy atom. The Morgan fingerprint density at radius 1 is 0.977 bits per heavy atom. The van der Waals surface area contributed by atoms with Crippen molar-refractivity contribution in [3.05, 3.63) is 64.2 Å². The molecule has 6 rings (SSSR count). The maximum Gasteiger partial charge on any atom is 0.302 e. The molecule has 2 atom stereocenters. The van der Waals surface area contributed by atoms with Crippen LogP contribution in [0, 0.1) is 5.92 Å². The zero-order valence-electron chi connectivity index (χ0n) is 25.2. The quantitative estimate of drug-likeness (QED) is 0.250. The molecular weight excluding hydrogens is 546 g/mol. The third-order valence-electron chi connectivity index (χ3n) is 9.29. The van der Waals surface area contributed by atoms with Gasteiger partial charge < -0.3 is 34.5 Å². The van der Waals surface area contributed by atoms with Crippen LogP contribution in [0.1, 0.15) is 78.9 Å². The van der Waals surface area contributed by atoms with Gasteiger partial charge in [0.1, 0.15) is 30.0 Å². The SMILES string of the molecule is COc1cc([C@H]2Oc3c(ccc4c3CCc3cc(O)cc(OC)c3-4)[C@H]2COC(C)=O)c(CNCC2CCCCC2)cc1O. The molecule has 3 aliphatic rings. The first-order valence-electron chi connectivity index (χ1n) is 15.3. The van der Waals surface area contributed by atoms with Crippen LogP contribution in [-0.2, 0) is 28.9 Å². The number of methoxy groups -OCH3 is 2. The molecule has 0 amide bonds. The van der Waals surface area contributed by atoms with E-state index in [2.05, 4.69) is 17.4 Å². The number of phenolic OH excluding ortho intramolecular Hbond substituents is 2. The minimum absolute atomic E-state index is 0.0806. The molecule has 0 saturated heterocycles. The second-order valence-corrected chi connectivity index (χ2v) is 12.0. The van der Waals surface area contributed by atoms with E-state index in [0.717, 1.165) is 64.1 Å². The molecule has 3 aromatic carbocycles. The van der Waals surface area contributed by atoms with E-state index in [4.69, 9.17) is 18.9 Å². The summed E-state index contributed by atoms with van der Waals surface area (Å²) in [5.41, 5.74) is 6.90. The highest BCUT2D eigenvalue weighted by Gasteiger charge is 2.41. The van der Waals surface area contributed by atoms with Crippen molar-refractivity contribution in [1.29, 1.82) is 0 Å². The molecule has 43 heavy (non-hydrogen) atoms. The molecule has 2 aliphatic carbocycles. The molecule has 8 heteroatoms. The minimum atomic E-state index is -0.454. The van der Waals surface area contributed by atoms with E-state index in [0.29, 0.717) is 24.0 Å². The molecular formula is C35H41NO7. The number of esters is 1. The molecule has 0 bridgehead atoms. The summed E-state index contributed by atoms with van der Waals surface area (Å²) in [6.45, 7) is 3.09. The molecule has 1 heterocycles. The summed E-state index contributed by atoms with van der Waals surface area (Å²) in [6, 6.07) is 11.2. The monoisotopic (exact) mass is 587 g/mol. The number of benzene rings is 3. The maximum atomic E-state index is 12.0. The van der Waals surface area contributed by atoms with Crippen molar-refractivity contribution in [2.45, 2.75) is 70.4 Å². The van der Waals surface area contributed by atoms with Gasteiger partial charge in [-0.15, -0.1) is 0 Å². The van der Waals surface area contributed by atoms with Gasteiger partial charge in [0.2, 0.25) is 0 Å². The summed E-state index contributed by atoms with van der Waals surface area (Å²) in [5, 5.41) is 24.6. The Morgan fingerprint density at radius 3 is 2.51 bits per heavy atom. The molecule has 1 aliphatic heterocycles. The van der Waals surface area contributed by atoms with E-state index < -0.39 is 6.10 Å². The van der Waals surface area contributed by atoms with Crippen molar-refractivity contribution in [2.75, 3.05) is 27.4 Å². The number of carbonyl (C=O) groups is 1. The lowest BCUT2D eigenvalue weighted by atomic mass is 9.81. The first-order chi connectivity index (χ1) is 20.9. The lowest BCUT2D eigenvalue weighted by Crippen LogP contribution is -2.25. The topological polar surface area (TPSA) is 106 Å². The molecule has 0 radical (unpaired) electrons. The van der Waals surface area contributed by atoms with Gasteiger partial charge in [-0.3, -0.25) is 4.79 Å². The van der Waals surface area contributed by atoms with Crippen LogP contribution in [0.15, 0.2) is 36.4 Å². The number of fused-ring (bicyclic) bond motifs is 5. The van der Waals surface area contributed by atoms with Crippen LogP contribution in [0.25, 0.3) is 11.1 Å². The molecule has 0 aromatic heterocycles. The fourth-order valence-electron chi connectivity index (χ4n) is 7.19. The first-order valence-corrected chi connectivity index (χ1v) is 15.3. The summed E-state index contributed by atoms with van der Waals surface area (Å²) in [6.07, 6.45) is 7.40. The molecule has 0 spiro atoms. The first kappa shape index (κ1) is 29.2. The van der Waals surface area contributed by atoms with Gasteiger partial charge in [0.05, 0.1) is 20.1 Å². The molecule has 8 nitrogen and oxygen atoms in total. The summed E-state index contributed by atoms with van der Waals surface area (Å²) in [4.78, 5) is 12.0. The fourth-order valence-corrected chi connectivity index (χ4v) is 7.19. The van der Waals surface area contributed by atoms with E-state index in [-0.39, 0.29) is 30.0 Å². The number of aromatic hydroxyl groups is 2. The predicted molar refractivity (Wildman–Crippen MR) is 163 cm³/mol. The van der Waals surface area contributed by atoms with Crippen LogP contribution in [0.5, 0.6) is 28.7 Å². The second-order valence-electron chi connectivity index (χ2n) is 12.0. The lowest BCUT2D eigenvalue weighted by molar-refractivity contribution is -0.141. The molecule has 1 fully saturated rings. The van der Waals surface area contributed by atoms with E-state index in [9.17, 15) is 15.0 Å². The van der Waals surface area contributed by atoms with Crippen molar-refractivity contribution in [1.82, 2.24) is 5.32 Å². The standard InChI is InChI=1S/C35H41NO7/c1-20(37)42-19-29-27-12-11-25-26(10-9-22-13-24(38)15-32(41-3)33(22)25)34(27)43-35(29)28-16-31(40-2)30(39)14-23(28)18-36-17-21-7-5-4-6-8-21/h11-16,21,29,35-36,38-39H,4-10,17-19H2,1-3H3/t29-,35-/m1/s1. The fraction of sp³-hybridized carbons (Fsp3) is 0.457. The van der Waals surface area contributed by atoms with E-state index in [1.165, 1.54) is 39.0 Å². The third-order valence-corrected chi connectivity index (χ3v) is 9.29. The smallest absolute Gasteiger partial charge is 0.302 e. The van der Waals surface area contributed by atoms with Crippen molar-refractivity contribution in [2.24, 2.45) is 5.92 Å². The average Bonchev–Trinajstić information content (AvgIpc) is 3.38. The highest BCUT2D eigenvalue weighted by molar-refractivity contribution is 5.82. The second kappa shape index (κ2) is 12.4. The zero-order chi connectivity index (χ0) is 30.1. The van der Waals surface area contributed by atoms with Crippen LogP contribution in [0.3, 0.4) is 0 Å². The zero-order valence-corrected chi connectivity index (χ0v) is 25.2. The van der Waals surface area contributed by atoms with Crippen LogP contribution < -0.4 is 19.5 Å². The number of hydrogen-bond donors (Lipinski definition) is 3. The average molecular weight is 588 g/mol.